The van der Waals surface area contributed by atoms with Crippen molar-refractivity contribution in [1.29, 1.82) is 0 Å². The molecule has 0 radical (unpaired) electrons. The van der Waals surface area contributed by atoms with Gasteiger partial charge in [0.2, 0.25) is 17.7 Å². The molecule has 1 aliphatic carbocycles. The Balaban J connectivity index is 1.80. The minimum atomic E-state index is -0.141. The Morgan fingerprint density at radius 3 is 2.32 bits per heavy atom. The molecule has 0 bridgehead atoms. The summed E-state index contributed by atoms with van der Waals surface area (Å²) in [7, 11) is 1.84. The van der Waals surface area contributed by atoms with Crippen LogP contribution in [0.3, 0.4) is 0 Å². The van der Waals surface area contributed by atoms with Crippen LogP contribution in [0, 0.1) is 0 Å². The summed E-state index contributed by atoms with van der Waals surface area (Å²) < 4.78 is 0. The fourth-order valence-corrected chi connectivity index (χ4v) is 2.93. The zero-order valence-corrected chi connectivity index (χ0v) is 11.6. The molecule has 1 aliphatic heterocycles. The number of imide groups is 1. The topological polar surface area (TPSA) is 57.7 Å². The van der Waals surface area contributed by atoms with Gasteiger partial charge in [-0.25, -0.2) is 0 Å². The van der Waals surface area contributed by atoms with Crippen LogP contribution < -0.4 is 0 Å². The Kier molecular flexibility index (Phi) is 4.56. The lowest BCUT2D eigenvalue weighted by Gasteiger charge is -2.31. The van der Waals surface area contributed by atoms with E-state index in [1.807, 2.05) is 11.9 Å². The number of hydrogen-bond acceptors (Lipinski definition) is 3. The van der Waals surface area contributed by atoms with Gasteiger partial charge in [-0.15, -0.1) is 0 Å². The first-order chi connectivity index (χ1) is 9.09. The van der Waals surface area contributed by atoms with Crippen molar-refractivity contribution in [1.82, 2.24) is 9.80 Å². The predicted octanol–water partition coefficient (Wildman–Crippen LogP) is 1.32. The lowest BCUT2D eigenvalue weighted by atomic mass is 9.94. The van der Waals surface area contributed by atoms with E-state index in [9.17, 15) is 14.4 Å². The van der Waals surface area contributed by atoms with Gasteiger partial charge in [-0.3, -0.25) is 19.3 Å². The zero-order chi connectivity index (χ0) is 13.8. The first-order valence-electron chi connectivity index (χ1n) is 7.18. The van der Waals surface area contributed by atoms with Crippen LogP contribution in [0.4, 0.5) is 0 Å². The van der Waals surface area contributed by atoms with Crippen molar-refractivity contribution in [3.8, 4) is 0 Å². The maximum absolute atomic E-state index is 12.1. The summed E-state index contributed by atoms with van der Waals surface area (Å²) in [6, 6.07) is 0.339. The lowest BCUT2D eigenvalue weighted by molar-refractivity contribution is -0.139. The number of hydrogen-bond donors (Lipinski definition) is 0. The number of amides is 3. The van der Waals surface area contributed by atoms with Crippen LogP contribution in [0.1, 0.15) is 51.4 Å². The van der Waals surface area contributed by atoms with Gasteiger partial charge in [0.25, 0.3) is 0 Å². The van der Waals surface area contributed by atoms with Crippen LogP contribution in [0.15, 0.2) is 0 Å². The summed E-state index contributed by atoms with van der Waals surface area (Å²) >= 11 is 0. The smallest absolute Gasteiger partial charge is 0.229 e. The van der Waals surface area contributed by atoms with E-state index in [0.29, 0.717) is 18.9 Å². The van der Waals surface area contributed by atoms with E-state index >= 15 is 0 Å². The van der Waals surface area contributed by atoms with Crippen molar-refractivity contribution in [2.75, 3.05) is 13.6 Å². The van der Waals surface area contributed by atoms with E-state index in [4.69, 9.17) is 0 Å². The average molecular weight is 266 g/mol. The van der Waals surface area contributed by atoms with E-state index in [1.165, 1.54) is 24.2 Å². The van der Waals surface area contributed by atoms with Gasteiger partial charge in [-0.1, -0.05) is 19.3 Å². The molecule has 0 aromatic carbocycles. The predicted molar refractivity (Wildman–Crippen MR) is 70.2 cm³/mol. The first-order valence-corrected chi connectivity index (χ1v) is 7.18. The Bertz CT molecular complexity index is 359. The highest BCUT2D eigenvalue weighted by atomic mass is 16.2. The highest BCUT2D eigenvalue weighted by molar-refractivity contribution is 6.02. The van der Waals surface area contributed by atoms with E-state index in [0.717, 1.165) is 12.8 Å². The normalized spacial score (nSPS) is 21.0. The summed E-state index contributed by atoms with van der Waals surface area (Å²) in [5.41, 5.74) is 0. The van der Waals surface area contributed by atoms with Crippen LogP contribution in [-0.4, -0.2) is 47.2 Å². The molecule has 2 rings (SSSR count). The monoisotopic (exact) mass is 266 g/mol. The molecular weight excluding hydrogens is 244 g/mol. The standard InChI is InChI=1S/C14H22N2O3/c1-15(11-5-3-2-4-6-11)12(17)9-10-16-13(18)7-8-14(16)19/h11H,2-10H2,1H3. The number of carbonyl (C=O) groups is 3. The fraction of sp³-hybridized carbons (Fsp3) is 0.786. The van der Waals surface area contributed by atoms with Gasteiger partial charge in [-0.05, 0) is 12.8 Å². The van der Waals surface area contributed by atoms with E-state index in [2.05, 4.69) is 0 Å². The van der Waals surface area contributed by atoms with Crippen LogP contribution in [0.5, 0.6) is 0 Å². The second-order valence-electron chi connectivity index (χ2n) is 5.49. The molecule has 0 aromatic rings. The van der Waals surface area contributed by atoms with Crippen LogP contribution >= 0.6 is 0 Å². The van der Waals surface area contributed by atoms with Crippen molar-refractivity contribution in [3.63, 3.8) is 0 Å². The third kappa shape index (κ3) is 3.33. The van der Waals surface area contributed by atoms with Crippen molar-refractivity contribution in [2.24, 2.45) is 0 Å². The summed E-state index contributed by atoms with van der Waals surface area (Å²) in [5, 5.41) is 0. The van der Waals surface area contributed by atoms with Gasteiger partial charge >= 0.3 is 0 Å². The Hall–Kier alpha value is -1.39. The largest absolute Gasteiger partial charge is 0.343 e. The molecular formula is C14H22N2O3. The van der Waals surface area contributed by atoms with Crippen LogP contribution in [0.2, 0.25) is 0 Å². The highest BCUT2D eigenvalue weighted by Crippen LogP contribution is 2.22. The van der Waals surface area contributed by atoms with Gasteiger partial charge in [0.1, 0.15) is 0 Å². The fourth-order valence-electron chi connectivity index (χ4n) is 2.93. The second-order valence-corrected chi connectivity index (χ2v) is 5.49. The quantitative estimate of drug-likeness (QED) is 0.721. The van der Waals surface area contributed by atoms with Crippen molar-refractivity contribution in [2.45, 2.75) is 57.4 Å². The van der Waals surface area contributed by atoms with Gasteiger partial charge in [0.05, 0.1) is 0 Å². The number of likely N-dealkylation sites (tertiary alicyclic amines) is 1. The molecule has 1 saturated carbocycles. The summed E-state index contributed by atoms with van der Waals surface area (Å²) in [6.07, 6.45) is 6.63. The van der Waals surface area contributed by atoms with Gasteiger partial charge in [0, 0.05) is 38.9 Å². The Morgan fingerprint density at radius 2 is 1.74 bits per heavy atom. The molecule has 3 amide bonds. The Morgan fingerprint density at radius 1 is 1.16 bits per heavy atom. The molecule has 5 heteroatoms. The molecule has 1 heterocycles. The summed E-state index contributed by atoms with van der Waals surface area (Å²) in [6.45, 7) is 0.244. The number of rotatable bonds is 4. The maximum Gasteiger partial charge on any atom is 0.229 e. The number of carbonyl (C=O) groups excluding carboxylic acids is 3. The molecule has 5 nitrogen and oxygen atoms in total. The van der Waals surface area contributed by atoms with E-state index < -0.39 is 0 Å². The molecule has 0 N–H and O–H groups in total. The molecule has 1 saturated heterocycles. The molecule has 0 atom stereocenters. The molecule has 19 heavy (non-hydrogen) atoms. The zero-order valence-electron chi connectivity index (χ0n) is 11.6. The Labute approximate surface area is 113 Å². The summed E-state index contributed by atoms with van der Waals surface area (Å²) in [4.78, 5) is 38.0. The van der Waals surface area contributed by atoms with Gasteiger partial charge in [-0.2, -0.15) is 0 Å². The molecule has 0 spiro atoms. The minimum absolute atomic E-state index is 0.0411. The molecule has 0 aromatic heterocycles. The van der Waals surface area contributed by atoms with Crippen LogP contribution in [-0.2, 0) is 14.4 Å². The third-order valence-corrected chi connectivity index (χ3v) is 4.22. The van der Waals surface area contributed by atoms with E-state index in [1.54, 1.807) is 0 Å². The van der Waals surface area contributed by atoms with E-state index in [-0.39, 0.29) is 30.7 Å². The van der Waals surface area contributed by atoms with Crippen molar-refractivity contribution >= 4 is 17.7 Å². The third-order valence-electron chi connectivity index (χ3n) is 4.22. The SMILES string of the molecule is CN(C(=O)CCN1C(=O)CCC1=O)C1CCCCC1. The second kappa shape index (κ2) is 6.17. The molecule has 0 unspecified atom stereocenters. The minimum Gasteiger partial charge on any atom is -0.343 e. The average Bonchev–Trinajstić information content (AvgIpc) is 2.75. The van der Waals surface area contributed by atoms with Crippen molar-refractivity contribution < 1.29 is 14.4 Å². The summed E-state index contributed by atoms with van der Waals surface area (Å²) in [5.74, 6) is -0.240. The van der Waals surface area contributed by atoms with Crippen molar-refractivity contribution in [3.05, 3.63) is 0 Å². The van der Waals surface area contributed by atoms with Gasteiger partial charge < -0.3 is 4.90 Å². The molecule has 2 fully saturated rings. The molecule has 2 aliphatic rings. The maximum atomic E-state index is 12.1. The van der Waals surface area contributed by atoms with Crippen LogP contribution in [0.25, 0.3) is 0 Å². The van der Waals surface area contributed by atoms with Gasteiger partial charge in [0.15, 0.2) is 0 Å². The lowest BCUT2D eigenvalue weighted by Crippen LogP contribution is -2.40. The molecule has 106 valence electrons. The first kappa shape index (κ1) is 14.0. The highest BCUT2D eigenvalue weighted by Gasteiger charge is 2.30. The number of nitrogens with zero attached hydrogens (tertiary/aromatic N) is 2.